The van der Waals surface area contributed by atoms with Crippen molar-refractivity contribution in [3.8, 4) is 0 Å². The molecular weight excluding hydrogens is 280 g/mol. The van der Waals surface area contributed by atoms with Gasteiger partial charge in [0.25, 0.3) is 5.91 Å². The molecule has 0 saturated carbocycles. The van der Waals surface area contributed by atoms with Gasteiger partial charge in [-0.1, -0.05) is 13.3 Å². The highest BCUT2D eigenvalue weighted by Crippen LogP contribution is 2.16. The molecule has 1 aromatic carbocycles. The van der Waals surface area contributed by atoms with E-state index in [0.717, 1.165) is 42.7 Å². The van der Waals surface area contributed by atoms with E-state index in [9.17, 15) is 4.79 Å². The SMILES string of the molecule is CCCNc1ccc(C(=O)NCCCCCSC)cc1C. The van der Waals surface area contributed by atoms with E-state index in [-0.39, 0.29) is 5.91 Å². The van der Waals surface area contributed by atoms with Gasteiger partial charge in [0.2, 0.25) is 0 Å². The second-order valence-electron chi connectivity index (χ2n) is 5.27. The lowest BCUT2D eigenvalue weighted by molar-refractivity contribution is 0.0953. The molecule has 0 bridgehead atoms. The zero-order valence-corrected chi connectivity index (χ0v) is 14.3. The molecule has 0 radical (unpaired) electrons. The van der Waals surface area contributed by atoms with Crippen molar-refractivity contribution >= 4 is 23.4 Å². The minimum atomic E-state index is 0.0324. The molecule has 2 N–H and O–H groups in total. The van der Waals surface area contributed by atoms with E-state index in [1.165, 1.54) is 18.6 Å². The van der Waals surface area contributed by atoms with Gasteiger partial charge in [-0.05, 0) is 62.0 Å². The summed E-state index contributed by atoms with van der Waals surface area (Å²) in [5.74, 6) is 1.24. The van der Waals surface area contributed by atoms with Crippen molar-refractivity contribution in [2.24, 2.45) is 0 Å². The summed E-state index contributed by atoms with van der Waals surface area (Å²) in [6, 6.07) is 5.85. The van der Waals surface area contributed by atoms with Crippen LogP contribution >= 0.6 is 11.8 Å². The molecular formula is C17H28N2OS. The lowest BCUT2D eigenvalue weighted by Crippen LogP contribution is -2.24. The standard InChI is InChI=1S/C17H28N2OS/c1-4-10-18-16-9-8-15(13-14(16)2)17(20)19-11-6-5-7-12-21-3/h8-9,13,18H,4-7,10-12H2,1-3H3,(H,19,20). The molecule has 0 unspecified atom stereocenters. The van der Waals surface area contributed by atoms with Crippen molar-refractivity contribution in [3.63, 3.8) is 0 Å². The number of thioether (sulfide) groups is 1. The summed E-state index contributed by atoms with van der Waals surface area (Å²) < 4.78 is 0. The van der Waals surface area contributed by atoms with Crippen LogP contribution in [-0.4, -0.2) is 31.0 Å². The van der Waals surface area contributed by atoms with Crippen LogP contribution in [0.2, 0.25) is 0 Å². The highest BCUT2D eigenvalue weighted by atomic mass is 32.2. The number of anilines is 1. The highest BCUT2D eigenvalue weighted by Gasteiger charge is 2.06. The van der Waals surface area contributed by atoms with E-state index < -0.39 is 0 Å². The summed E-state index contributed by atoms with van der Waals surface area (Å²) in [6.45, 7) is 5.91. The third kappa shape index (κ3) is 6.89. The monoisotopic (exact) mass is 308 g/mol. The van der Waals surface area contributed by atoms with Crippen LogP contribution in [0.1, 0.15) is 48.5 Å². The van der Waals surface area contributed by atoms with Gasteiger partial charge in [-0.3, -0.25) is 4.79 Å². The molecule has 0 saturated heterocycles. The quantitative estimate of drug-likeness (QED) is 0.640. The lowest BCUT2D eigenvalue weighted by atomic mass is 10.1. The fourth-order valence-electron chi connectivity index (χ4n) is 2.12. The summed E-state index contributed by atoms with van der Waals surface area (Å²) in [7, 11) is 0. The summed E-state index contributed by atoms with van der Waals surface area (Å²) in [5, 5.41) is 6.37. The zero-order valence-electron chi connectivity index (χ0n) is 13.5. The maximum Gasteiger partial charge on any atom is 0.251 e. The molecule has 118 valence electrons. The molecule has 0 spiro atoms. The lowest BCUT2D eigenvalue weighted by Gasteiger charge is -2.11. The predicted octanol–water partition coefficient (Wildman–Crippen LogP) is 4.08. The van der Waals surface area contributed by atoms with E-state index in [0.29, 0.717) is 0 Å². The van der Waals surface area contributed by atoms with E-state index in [1.807, 2.05) is 36.9 Å². The number of amides is 1. The Kier molecular flexibility index (Phi) is 8.99. The van der Waals surface area contributed by atoms with Crippen molar-refractivity contribution in [2.75, 3.05) is 30.4 Å². The summed E-state index contributed by atoms with van der Waals surface area (Å²) in [5.41, 5.74) is 2.99. The van der Waals surface area contributed by atoms with Gasteiger partial charge < -0.3 is 10.6 Å². The zero-order chi connectivity index (χ0) is 15.5. The average Bonchev–Trinajstić information content (AvgIpc) is 2.49. The van der Waals surface area contributed by atoms with Crippen LogP contribution in [0, 0.1) is 6.92 Å². The summed E-state index contributed by atoms with van der Waals surface area (Å²) in [4.78, 5) is 12.1. The Morgan fingerprint density at radius 3 is 2.67 bits per heavy atom. The summed E-state index contributed by atoms with van der Waals surface area (Å²) in [6.07, 6.45) is 6.69. The summed E-state index contributed by atoms with van der Waals surface area (Å²) >= 11 is 1.88. The second-order valence-corrected chi connectivity index (χ2v) is 6.25. The Labute approximate surface area is 133 Å². The van der Waals surface area contributed by atoms with Crippen molar-refractivity contribution < 1.29 is 4.79 Å². The van der Waals surface area contributed by atoms with Gasteiger partial charge in [0.05, 0.1) is 0 Å². The number of rotatable bonds is 10. The fraction of sp³-hybridized carbons (Fsp3) is 0.588. The number of hydrogen-bond acceptors (Lipinski definition) is 3. The third-order valence-electron chi connectivity index (χ3n) is 3.36. The van der Waals surface area contributed by atoms with Crippen molar-refractivity contribution in [3.05, 3.63) is 29.3 Å². The van der Waals surface area contributed by atoms with Gasteiger partial charge >= 0.3 is 0 Å². The number of hydrogen-bond donors (Lipinski definition) is 2. The maximum absolute atomic E-state index is 12.1. The average molecular weight is 308 g/mol. The minimum absolute atomic E-state index is 0.0324. The molecule has 1 aromatic rings. The second kappa shape index (κ2) is 10.6. The van der Waals surface area contributed by atoms with Gasteiger partial charge in [0, 0.05) is 24.3 Å². The van der Waals surface area contributed by atoms with Crippen molar-refractivity contribution in [1.29, 1.82) is 0 Å². The molecule has 4 heteroatoms. The van der Waals surface area contributed by atoms with E-state index in [1.54, 1.807) is 0 Å². The molecule has 0 atom stereocenters. The van der Waals surface area contributed by atoms with Gasteiger partial charge in [-0.15, -0.1) is 0 Å². The Hall–Kier alpha value is -1.16. The molecule has 0 aliphatic heterocycles. The first-order chi connectivity index (χ1) is 10.2. The number of carbonyl (C=O) groups is 1. The largest absolute Gasteiger partial charge is 0.385 e. The number of aryl methyl sites for hydroxylation is 1. The number of carbonyl (C=O) groups excluding carboxylic acids is 1. The number of unbranched alkanes of at least 4 members (excludes halogenated alkanes) is 2. The first kappa shape index (κ1) is 17.9. The fourth-order valence-corrected chi connectivity index (χ4v) is 2.61. The van der Waals surface area contributed by atoms with Crippen LogP contribution in [0.3, 0.4) is 0 Å². The van der Waals surface area contributed by atoms with E-state index >= 15 is 0 Å². The molecule has 1 rings (SSSR count). The first-order valence-corrected chi connectivity index (χ1v) is 9.20. The van der Waals surface area contributed by atoms with E-state index in [4.69, 9.17) is 0 Å². The number of nitrogens with one attached hydrogen (secondary N) is 2. The first-order valence-electron chi connectivity index (χ1n) is 7.80. The van der Waals surface area contributed by atoms with Crippen molar-refractivity contribution in [2.45, 2.75) is 39.5 Å². The molecule has 1 amide bonds. The molecule has 0 aromatic heterocycles. The molecule has 3 nitrogen and oxygen atoms in total. The Balaban J connectivity index is 2.38. The van der Waals surface area contributed by atoms with Gasteiger partial charge in [0.15, 0.2) is 0 Å². The highest BCUT2D eigenvalue weighted by molar-refractivity contribution is 7.98. The van der Waals surface area contributed by atoms with Gasteiger partial charge in [0.1, 0.15) is 0 Å². The molecule has 0 aliphatic rings. The van der Waals surface area contributed by atoms with E-state index in [2.05, 4.69) is 23.8 Å². The Morgan fingerprint density at radius 2 is 2.00 bits per heavy atom. The van der Waals surface area contributed by atoms with Crippen LogP contribution in [-0.2, 0) is 0 Å². The van der Waals surface area contributed by atoms with Crippen LogP contribution in [0.5, 0.6) is 0 Å². The van der Waals surface area contributed by atoms with Crippen LogP contribution in [0.4, 0.5) is 5.69 Å². The Morgan fingerprint density at radius 1 is 1.19 bits per heavy atom. The van der Waals surface area contributed by atoms with Crippen molar-refractivity contribution in [1.82, 2.24) is 5.32 Å². The van der Waals surface area contributed by atoms with Crippen LogP contribution in [0.15, 0.2) is 18.2 Å². The minimum Gasteiger partial charge on any atom is -0.385 e. The van der Waals surface area contributed by atoms with Crippen LogP contribution in [0.25, 0.3) is 0 Å². The molecule has 21 heavy (non-hydrogen) atoms. The molecule has 0 aliphatic carbocycles. The van der Waals surface area contributed by atoms with Gasteiger partial charge in [-0.25, -0.2) is 0 Å². The van der Waals surface area contributed by atoms with Crippen LogP contribution < -0.4 is 10.6 Å². The normalized spacial score (nSPS) is 10.4. The predicted molar refractivity (Wildman–Crippen MR) is 94.5 cm³/mol. The number of benzene rings is 1. The molecule has 0 fully saturated rings. The Bertz CT molecular complexity index is 435. The van der Waals surface area contributed by atoms with Gasteiger partial charge in [-0.2, -0.15) is 11.8 Å². The third-order valence-corrected chi connectivity index (χ3v) is 4.06. The maximum atomic E-state index is 12.1. The smallest absolute Gasteiger partial charge is 0.251 e. The topological polar surface area (TPSA) is 41.1 Å². The molecule has 0 heterocycles.